The molecule has 5 nitrogen and oxygen atoms in total. The van der Waals surface area contributed by atoms with E-state index in [2.05, 4.69) is 15.4 Å². The molecule has 1 fully saturated rings. The van der Waals surface area contributed by atoms with Crippen molar-refractivity contribution in [1.29, 1.82) is 0 Å². The standard InChI is InChI=1S/C20H19ClN4O/c1-13(14-6-8-15(9-7-14)25-12-22-11-23-25)24-20(26)18-10-17(18)16-4-2-3-5-19(16)21/h2-9,11-13,17-18H,10H2,1H3,(H,24,26)/t13-,17-,18+/m0/s1. The highest BCUT2D eigenvalue weighted by molar-refractivity contribution is 6.31. The Morgan fingerprint density at radius 3 is 2.69 bits per heavy atom. The molecule has 1 saturated carbocycles. The molecule has 0 bridgehead atoms. The van der Waals surface area contributed by atoms with E-state index in [1.165, 1.54) is 6.33 Å². The molecule has 0 aliphatic heterocycles. The second-order valence-electron chi connectivity index (χ2n) is 6.63. The lowest BCUT2D eigenvalue weighted by Gasteiger charge is -2.15. The molecule has 132 valence electrons. The monoisotopic (exact) mass is 366 g/mol. The second-order valence-corrected chi connectivity index (χ2v) is 7.04. The van der Waals surface area contributed by atoms with Crippen molar-refractivity contribution in [1.82, 2.24) is 20.1 Å². The van der Waals surface area contributed by atoms with Crippen LogP contribution in [-0.2, 0) is 4.79 Å². The quantitative estimate of drug-likeness (QED) is 0.745. The average molecular weight is 367 g/mol. The summed E-state index contributed by atoms with van der Waals surface area (Å²) in [4.78, 5) is 16.5. The number of hydrogen-bond donors (Lipinski definition) is 1. The summed E-state index contributed by atoms with van der Waals surface area (Å²) >= 11 is 6.24. The van der Waals surface area contributed by atoms with Crippen molar-refractivity contribution in [2.75, 3.05) is 0 Å². The Morgan fingerprint density at radius 1 is 1.23 bits per heavy atom. The van der Waals surface area contributed by atoms with Crippen LogP contribution in [0.4, 0.5) is 0 Å². The Balaban J connectivity index is 1.38. The van der Waals surface area contributed by atoms with E-state index in [0.29, 0.717) is 0 Å². The Labute approximate surface area is 157 Å². The SMILES string of the molecule is C[C@H](NC(=O)[C@@H]1C[C@H]1c1ccccc1Cl)c1ccc(-n2cncn2)cc1. The van der Waals surface area contributed by atoms with Crippen molar-refractivity contribution in [2.24, 2.45) is 5.92 Å². The highest BCUT2D eigenvalue weighted by Crippen LogP contribution is 2.49. The third-order valence-corrected chi connectivity index (χ3v) is 5.21. The number of aromatic nitrogens is 3. The molecule has 0 radical (unpaired) electrons. The van der Waals surface area contributed by atoms with Gasteiger partial charge in [0.25, 0.3) is 0 Å². The van der Waals surface area contributed by atoms with Crippen molar-refractivity contribution in [2.45, 2.75) is 25.3 Å². The van der Waals surface area contributed by atoms with E-state index >= 15 is 0 Å². The predicted octanol–water partition coefficient (Wildman–Crippen LogP) is 3.90. The van der Waals surface area contributed by atoms with Crippen LogP contribution in [-0.4, -0.2) is 20.7 Å². The van der Waals surface area contributed by atoms with E-state index < -0.39 is 0 Å². The lowest BCUT2D eigenvalue weighted by atomic mass is 10.1. The van der Waals surface area contributed by atoms with Gasteiger partial charge in [-0.2, -0.15) is 5.10 Å². The number of hydrogen-bond acceptors (Lipinski definition) is 3. The topological polar surface area (TPSA) is 59.8 Å². The van der Waals surface area contributed by atoms with Crippen LogP contribution in [0.15, 0.2) is 61.2 Å². The van der Waals surface area contributed by atoms with E-state index in [1.54, 1.807) is 11.0 Å². The van der Waals surface area contributed by atoms with Gasteiger partial charge in [-0.15, -0.1) is 0 Å². The van der Waals surface area contributed by atoms with Crippen LogP contribution in [0.2, 0.25) is 5.02 Å². The fourth-order valence-corrected chi connectivity index (χ4v) is 3.54. The first-order valence-corrected chi connectivity index (χ1v) is 9.01. The second kappa shape index (κ2) is 6.92. The van der Waals surface area contributed by atoms with Crippen LogP contribution in [0.3, 0.4) is 0 Å². The maximum Gasteiger partial charge on any atom is 0.224 e. The molecule has 2 aromatic carbocycles. The molecule has 1 aliphatic rings. The Hall–Kier alpha value is -2.66. The first-order valence-electron chi connectivity index (χ1n) is 8.63. The molecule has 0 spiro atoms. The summed E-state index contributed by atoms with van der Waals surface area (Å²) in [5, 5.41) is 7.97. The van der Waals surface area contributed by atoms with Crippen molar-refractivity contribution >= 4 is 17.5 Å². The van der Waals surface area contributed by atoms with Crippen molar-refractivity contribution < 1.29 is 4.79 Å². The molecule has 1 N–H and O–H groups in total. The molecule has 4 rings (SSSR count). The van der Waals surface area contributed by atoms with Crippen LogP contribution in [0.25, 0.3) is 5.69 Å². The zero-order valence-corrected chi connectivity index (χ0v) is 15.1. The molecular weight excluding hydrogens is 348 g/mol. The summed E-state index contributed by atoms with van der Waals surface area (Å²) in [6.45, 7) is 2.00. The van der Waals surface area contributed by atoms with Gasteiger partial charge in [0.1, 0.15) is 12.7 Å². The largest absolute Gasteiger partial charge is 0.349 e. The lowest BCUT2D eigenvalue weighted by molar-refractivity contribution is -0.123. The number of halogens is 1. The van der Waals surface area contributed by atoms with E-state index in [0.717, 1.165) is 28.3 Å². The zero-order chi connectivity index (χ0) is 18.1. The Kier molecular flexibility index (Phi) is 4.47. The predicted molar refractivity (Wildman–Crippen MR) is 100 cm³/mol. The third kappa shape index (κ3) is 3.35. The fraction of sp³-hybridized carbons (Fsp3) is 0.250. The van der Waals surface area contributed by atoms with Gasteiger partial charge in [0.05, 0.1) is 11.7 Å². The van der Waals surface area contributed by atoms with Crippen LogP contribution in [0, 0.1) is 5.92 Å². The number of rotatable bonds is 5. The van der Waals surface area contributed by atoms with Gasteiger partial charge < -0.3 is 5.32 Å². The van der Waals surface area contributed by atoms with Crippen molar-refractivity contribution in [3.05, 3.63) is 77.3 Å². The molecule has 1 amide bonds. The lowest BCUT2D eigenvalue weighted by Crippen LogP contribution is -2.28. The van der Waals surface area contributed by atoms with Gasteiger partial charge in [-0.3, -0.25) is 4.79 Å². The fourth-order valence-electron chi connectivity index (χ4n) is 3.27. The molecule has 3 aromatic rings. The van der Waals surface area contributed by atoms with E-state index in [9.17, 15) is 4.79 Å². The van der Waals surface area contributed by atoms with Gasteiger partial charge in [-0.1, -0.05) is 41.9 Å². The van der Waals surface area contributed by atoms with Gasteiger partial charge in [0, 0.05) is 10.9 Å². The number of carbonyl (C=O) groups excluding carboxylic acids is 1. The van der Waals surface area contributed by atoms with E-state index in [1.807, 2.05) is 55.5 Å². The zero-order valence-electron chi connectivity index (χ0n) is 14.3. The summed E-state index contributed by atoms with van der Waals surface area (Å²) in [7, 11) is 0. The number of nitrogens with zero attached hydrogens (tertiary/aromatic N) is 3. The van der Waals surface area contributed by atoms with Gasteiger partial charge in [0.2, 0.25) is 5.91 Å². The Morgan fingerprint density at radius 2 is 2.00 bits per heavy atom. The van der Waals surface area contributed by atoms with Gasteiger partial charge in [0.15, 0.2) is 0 Å². The normalized spacial score (nSPS) is 19.8. The van der Waals surface area contributed by atoms with Gasteiger partial charge in [-0.05, 0) is 48.6 Å². The highest BCUT2D eigenvalue weighted by atomic mass is 35.5. The molecule has 3 atom stereocenters. The maximum absolute atomic E-state index is 12.6. The Bertz CT molecular complexity index is 908. The molecule has 1 aromatic heterocycles. The molecule has 0 unspecified atom stereocenters. The van der Waals surface area contributed by atoms with E-state index in [-0.39, 0.29) is 23.8 Å². The van der Waals surface area contributed by atoms with Crippen molar-refractivity contribution in [3.63, 3.8) is 0 Å². The molecule has 6 heteroatoms. The summed E-state index contributed by atoms with van der Waals surface area (Å²) in [5.41, 5.74) is 3.06. The summed E-state index contributed by atoms with van der Waals surface area (Å²) in [6.07, 6.45) is 4.01. The van der Waals surface area contributed by atoms with Gasteiger partial charge >= 0.3 is 0 Å². The number of carbonyl (C=O) groups is 1. The minimum atomic E-state index is -0.0557. The van der Waals surface area contributed by atoms with Crippen molar-refractivity contribution in [3.8, 4) is 5.69 Å². The minimum absolute atomic E-state index is 0.00627. The first-order chi connectivity index (χ1) is 12.6. The molecular formula is C20H19ClN4O. The highest BCUT2D eigenvalue weighted by Gasteiger charge is 2.45. The number of nitrogens with one attached hydrogen (secondary N) is 1. The molecule has 1 heterocycles. The maximum atomic E-state index is 12.6. The molecule has 0 saturated heterocycles. The average Bonchev–Trinajstić information content (AvgIpc) is 3.26. The minimum Gasteiger partial charge on any atom is -0.349 e. The number of amides is 1. The smallest absolute Gasteiger partial charge is 0.224 e. The first kappa shape index (κ1) is 16.8. The van der Waals surface area contributed by atoms with E-state index in [4.69, 9.17) is 11.6 Å². The number of benzene rings is 2. The third-order valence-electron chi connectivity index (χ3n) is 4.87. The van der Waals surface area contributed by atoms with Crippen LogP contribution in [0.5, 0.6) is 0 Å². The van der Waals surface area contributed by atoms with Gasteiger partial charge in [-0.25, -0.2) is 9.67 Å². The molecule has 1 aliphatic carbocycles. The molecule has 26 heavy (non-hydrogen) atoms. The summed E-state index contributed by atoms with van der Waals surface area (Å²) in [5.74, 6) is 0.320. The summed E-state index contributed by atoms with van der Waals surface area (Å²) < 4.78 is 1.70. The summed E-state index contributed by atoms with van der Waals surface area (Å²) in [6, 6.07) is 15.6. The van der Waals surface area contributed by atoms with Crippen LogP contribution >= 0.6 is 11.6 Å². The van der Waals surface area contributed by atoms with Crippen LogP contribution in [0.1, 0.15) is 36.4 Å². The van der Waals surface area contributed by atoms with Crippen LogP contribution < -0.4 is 5.32 Å².